The molecule has 0 spiro atoms. The highest BCUT2D eigenvalue weighted by Gasteiger charge is 2.23. The highest BCUT2D eigenvalue weighted by atomic mass is 35.5. The first kappa shape index (κ1) is 19.6. The van der Waals surface area contributed by atoms with E-state index >= 15 is 0 Å². The van der Waals surface area contributed by atoms with Crippen molar-refractivity contribution in [2.24, 2.45) is 5.92 Å². The smallest absolute Gasteiger partial charge is 0.252 e. The summed E-state index contributed by atoms with van der Waals surface area (Å²) in [5.74, 6) is 0.482. The summed E-state index contributed by atoms with van der Waals surface area (Å²) in [7, 11) is 0. The average molecular weight is 371 g/mol. The van der Waals surface area contributed by atoms with Crippen LogP contribution in [0.1, 0.15) is 30.6 Å². The van der Waals surface area contributed by atoms with Crippen molar-refractivity contribution < 1.29 is 9.53 Å². The standard InChI is InChI=1S/C18H27ClN2O2S/c1-13(2)10-14(21-6-8-23-9-7-21)12-20-18(22)16-11-15(24-3)4-5-17(16)19/h4-5,11,13-14H,6-10,12H2,1-3H3,(H,20,22). The molecule has 0 radical (unpaired) electrons. The lowest BCUT2D eigenvalue weighted by atomic mass is 10.0. The first-order chi connectivity index (χ1) is 11.5. The zero-order valence-electron chi connectivity index (χ0n) is 14.7. The fourth-order valence-electron chi connectivity index (χ4n) is 2.96. The van der Waals surface area contributed by atoms with Crippen molar-refractivity contribution in [1.82, 2.24) is 10.2 Å². The number of benzene rings is 1. The second-order valence-electron chi connectivity index (χ2n) is 6.49. The monoisotopic (exact) mass is 370 g/mol. The molecule has 1 heterocycles. The number of hydrogen-bond acceptors (Lipinski definition) is 4. The van der Waals surface area contributed by atoms with Gasteiger partial charge in [0.15, 0.2) is 0 Å². The zero-order chi connectivity index (χ0) is 17.5. The van der Waals surface area contributed by atoms with Crippen LogP contribution >= 0.6 is 23.4 Å². The summed E-state index contributed by atoms with van der Waals surface area (Å²) in [6, 6.07) is 5.91. The van der Waals surface area contributed by atoms with Gasteiger partial charge in [0.05, 0.1) is 23.8 Å². The molecular formula is C18H27ClN2O2S. The van der Waals surface area contributed by atoms with Gasteiger partial charge in [0.25, 0.3) is 5.91 Å². The van der Waals surface area contributed by atoms with Crippen molar-refractivity contribution in [2.45, 2.75) is 31.2 Å². The first-order valence-corrected chi connectivity index (χ1v) is 10.0. The van der Waals surface area contributed by atoms with Crippen molar-refractivity contribution in [3.63, 3.8) is 0 Å². The third kappa shape index (κ3) is 5.66. The van der Waals surface area contributed by atoms with Gasteiger partial charge in [-0.25, -0.2) is 0 Å². The number of amides is 1. The Balaban J connectivity index is 2.00. The summed E-state index contributed by atoms with van der Waals surface area (Å²) in [5.41, 5.74) is 0.550. The van der Waals surface area contributed by atoms with Gasteiger partial charge in [-0.3, -0.25) is 9.69 Å². The lowest BCUT2D eigenvalue weighted by Crippen LogP contribution is -2.49. The molecule has 24 heavy (non-hydrogen) atoms. The number of halogens is 1. The number of rotatable bonds is 7. The van der Waals surface area contributed by atoms with Crippen LogP contribution in [-0.2, 0) is 4.74 Å². The Morgan fingerprint density at radius 3 is 2.71 bits per heavy atom. The SMILES string of the molecule is CSc1ccc(Cl)c(C(=O)NCC(CC(C)C)N2CCOCC2)c1. The predicted molar refractivity (Wildman–Crippen MR) is 101 cm³/mol. The maximum absolute atomic E-state index is 12.6. The molecule has 0 aliphatic carbocycles. The van der Waals surface area contributed by atoms with E-state index in [-0.39, 0.29) is 5.91 Å². The molecule has 6 heteroatoms. The fourth-order valence-corrected chi connectivity index (χ4v) is 3.60. The molecule has 1 aromatic rings. The Hall–Kier alpha value is -0.750. The Morgan fingerprint density at radius 2 is 2.08 bits per heavy atom. The molecule has 4 nitrogen and oxygen atoms in total. The molecule has 1 unspecified atom stereocenters. The van der Waals surface area contributed by atoms with E-state index in [9.17, 15) is 4.79 Å². The summed E-state index contributed by atoms with van der Waals surface area (Å²) in [4.78, 5) is 16.0. The molecular weight excluding hydrogens is 344 g/mol. The van der Waals surface area contributed by atoms with Crippen LogP contribution in [0.2, 0.25) is 5.02 Å². The van der Waals surface area contributed by atoms with E-state index in [1.54, 1.807) is 17.8 Å². The summed E-state index contributed by atoms with van der Waals surface area (Å²) in [6.07, 6.45) is 3.04. The minimum absolute atomic E-state index is 0.0992. The largest absolute Gasteiger partial charge is 0.379 e. The third-order valence-corrected chi connectivity index (χ3v) is 5.28. The van der Waals surface area contributed by atoms with Gasteiger partial charge in [0, 0.05) is 30.6 Å². The Morgan fingerprint density at radius 1 is 1.38 bits per heavy atom. The van der Waals surface area contributed by atoms with Crippen LogP contribution in [0.5, 0.6) is 0 Å². The highest BCUT2D eigenvalue weighted by Crippen LogP contribution is 2.23. The Labute approximate surface area is 154 Å². The molecule has 1 amide bonds. The molecule has 1 aliphatic rings. The first-order valence-electron chi connectivity index (χ1n) is 8.44. The summed E-state index contributed by atoms with van der Waals surface area (Å²) < 4.78 is 5.44. The lowest BCUT2D eigenvalue weighted by molar-refractivity contribution is 0.0124. The lowest BCUT2D eigenvalue weighted by Gasteiger charge is -2.35. The second-order valence-corrected chi connectivity index (χ2v) is 7.77. The molecule has 134 valence electrons. The van der Waals surface area contributed by atoms with Crippen molar-refractivity contribution in [3.05, 3.63) is 28.8 Å². The number of morpholine rings is 1. The normalized spacial score (nSPS) is 17.0. The summed E-state index contributed by atoms with van der Waals surface area (Å²) >= 11 is 7.80. The Kier molecular flexibility index (Phi) is 7.88. The highest BCUT2D eigenvalue weighted by molar-refractivity contribution is 7.98. The van der Waals surface area contributed by atoms with Crippen molar-refractivity contribution in [1.29, 1.82) is 0 Å². The van der Waals surface area contributed by atoms with Crippen LogP contribution < -0.4 is 5.32 Å². The van der Waals surface area contributed by atoms with Gasteiger partial charge >= 0.3 is 0 Å². The van der Waals surface area contributed by atoms with Gasteiger partial charge in [0.1, 0.15) is 0 Å². The molecule has 1 atom stereocenters. The van der Waals surface area contributed by atoms with Crippen LogP contribution in [0.3, 0.4) is 0 Å². The van der Waals surface area contributed by atoms with Crippen molar-refractivity contribution >= 4 is 29.3 Å². The van der Waals surface area contributed by atoms with Gasteiger partial charge < -0.3 is 10.1 Å². The van der Waals surface area contributed by atoms with E-state index in [2.05, 4.69) is 24.1 Å². The third-order valence-electron chi connectivity index (χ3n) is 4.22. The van der Waals surface area contributed by atoms with Crippen LogP contribution in [-0.4, -0.2) is 56.0 Å². The van der Waals surface area contributed by atoms with Gasteiger partial charge in [-0.1, -0.05) is 25.4 Å². The average Bonchev–Trinajstić information content (AvgIpc) is 2.59. The molecule has 2 rings (SSSR count). The van der Waals surface area contributed by atoms with Crippen LogP contribution in [0, 0.1) is 5.92 Å². The number of thioether (sulfide) groups is 1. The maximum Gasteiger partial charge on any atom is 0.252 e. The minimum Gasteiger partial charge on any atom is -0.379 e. The van der Waals surface area contributed by atoms with E-state index in [1.807, 2.05) is 18.4 Å². The number of nitrogens with one attached hydrogen (secondary N) is 1. The van der Waals surface area contributed by atoms with Crippen LogP contribution in [0.25, 0.3) is 0 Å². The number of nitrogens with zero attached hydrogens (tertiary/aromatic N) is 1. The van der Waals surface area contributed by atoms with Gasteiger partial charge in [0.2, 0.25) is 0 Å². The minimum atomic E-state index is -0.0992. The molecule has 1 fully saturated rings. The number of carbonyl (C=O) groups excluding carboxylic acids is 1. The predicted octanol–water partition coefficient (Wildman–Crippen LogP) is 3.54. The van der Waals surface area contributed by atoms with Gasteiger partial charge in [-0.2, -0.15) is 0 Å². The summed E-state index contributed by atoms with van der Waals surface area (Å²) in [6.45, 7) is 8.46. The molecule has 0 saturated carbocycles. The second kappa shape index (κ2) is 9.66. The Bertz CT molecular complexity index is 548. The number of ether oxygens (including phenoxy) is 1. The topological polar surface area (TPSA) is 41.6 Å². The van der Waals surface area contributed by atoms with Crippen LogP contribution in [0.15, 0.2) is 23.1 Å². The molecule has 1 saturated heterocycles. The van der Waals surface area contributed by atoms with E-state index in [1.165, 1.54) is 0 Å². The molecule has 1 N–H and O–H groups in total. The van der Waals surface area contributed by atoms with Gasteiger partial charge in [-0.15, -0.1) is 11.8 Å². The molecule has 0 bridgehead atoms. The number of hydrogen-bond donors (Lipinski definition) is 1. The summed E-state index contributed by atoms with van der Waals surface area (Å²) in [5, 5.41) is 3.58. The van der Waals surface area contributed by atoms with Gasteiger partial charge in [-0.05, 0) is 36.8 Å². The maximum atomic E-state index is 12.6. The van der Waals surface area contributed by atoms with E-state index in [0.717, 1.165) is 37.6 Å². The number of carbonyl (C=O) groups is 1. The zero-order valence-corrected chi connectivity index (χ0v) is 16.3. The van der Waals surface area contributed by atoms with Crippen molar-refractivity contribution in [2.75, 3.05) is 39.1 Å². The molecule has 0 aromatic heterocycles. The molecule has 1 aliphatic heterocycles. The van der Waals surface area contributed by atoms with E-state index < -0.39 is 0 Å². The molecule has 1 aromatic carbocycles. The van der Waals surface area contributed by atoms with Crippen LogP contribution in [0.4, 0.5) is 0 Å². The fraction of sp³-hybridized carbons (Fsp3) is 0.611. The van der Waals surface area contributed by atoms with E-state index in [0.29, 0.717) is 29.1 Å². The quantitative estimate of drug-likeness (QED) is 0.745. The van der Waals surface area contributed by atoms with Crippen molar-refractivity contribution in [3.8, 4) is 0 Å². The van der Waals surface area contributed by atoms with E-state index in [4.69, 9.17) is 16.3 Å².